The van der Waals surface area contributed by atoms with Crippen molar-refractivity contribution in [1.82, 2.24) is 20.3 Å². The zero-order valence-electron chi connectivity index (χ0n) is 19.2. The van der Waals surface area contributed by atoms with E-state index >= 15 is 0 Å². The molecule has 4 rings (SSSR count). The zero-order valence-corrected chi connectivity index (χ0v) is 19.2. The maximum atomic E-state index is 13.0. The molecule has 0 radical (unpaired) electrons. The van der Waals surface area contributed by atoms with E-state index in [1.54, 1.807) is 24.3 Å². The summed E-state index contributed by atoms with van der Waals surface area (Å²) in [7, 11) is 1.52. The Labute approximate surface area is 204 Å². The summed E-state index contributed by atoms with van der Waals surface area (Å²) >= 11 is 0. The summed E-state index contributed by atoms with van der Waals surface area (Å²) in [6.07, 6.45) is -2.38. The molecule has 2 N–H and O–H groups in total. The van der Waals surface area contributed by atoms with Crippen molar-refractivity contribution >= 4 is 17.5 Å². The number of amides is 2. The van der Waals surface area contributed by atoms with Gasteiger partial charge in [-0.2, -0.15) is 13.2 Å². The minimum absolute atomic E-state index is 0.155. The minimum Gasteiger partial charge on any atom is -0.354 e. The Bertz CT molecular complexity index is 1450. The molecule has 4 aromatic rings. The molecule has 0 fully saturated rings. The minimum atomic E-state index is -4.65. The number of rotatable bonds is 5. The van der Waals surface area contributed by atoms with Gasteiger partial charge in [0.25, 0.3) is 11.8 Å². The summed E-state index contributed by atoms with van der Waals surface area (Å²) in [6.45, 7) is 1.90. The van der Waals surface area contributed by atoms with Crippen LogP contribution in [-0.4, -0.2) is 33.8 Å². The van der Waals surface area contributed by atoms with Crippen molar-refractivity contribution in [3.8, 4) is 22.4 Å². The molecule has 7 nitrogen and oxygen atoms in total. The van der Waals surface area contributed by atoms with Crippen molar-refractivity contribution in [2.24, 2.45) is 0 Å². The van der Waals surface area contributed by atoms with Gasteiger partial charge in [-0.3, -0.25) is 14.6 Å². The zero-order chi connectivity index (χ0) is 25.9. The Kier molecular flexibility index (Phi) is 6.77. The highest BCUT2D eigenvalue weighted by atomic mass is 19.4. The molecular formula is C26H20F3N5O2. The fraction of sp³-hybridized carbons (Fsp3) is 0.115. The van der Waals surface area contributed by atoms with E-state index in [2.05, 4.69) is 25.6 Å². The average molecular weight is 491 g/mol. The van der Waals surface area contributed by atoms with Gasteiger partial charge in [-0.15, -0.1) is 0 Å². The molecule has 182 valence electrons. The third-order valence-electron chi connectivity index (χ3n) is 5.40. The Morgan fingerprint density at radius 2 is 1.64 bits per heavy atom. The molecule has 0 aliphatic carbocycles. The van der Waals surface area contributed by atoms with Gasteiger partial charge in [-0.05, 0) is 60.0 Å². The fourth-order valence-corrected chi connectivity index (χ4v) is 3.55. The van der Waals surface area contributed by atoms with Crippen molar-refractivity contribution in [2.45, 2.75) is 13.1 Å². The Hall–Kier alpha value is -4.60. The molecule has 10 heteroatoms. The van der Waals surface area contributed by atoms with Gasteiger partial charge in [0.15, 0.2) is 0 Å². The molecule has 36 heavy (non-hydrogen) atoms. The van der Waals surface area contributed by atoms with E-state index in [1.165, 1.54) is 19.4 Å². The predicted octanol–water partition coefficient (Wildman–Crippen LogP) is 5.14. The normalized spacial score (nSPS) is 11.1. The van der Waals surface area contributed by atoms with Crippen LogP contribution in [0.1, 0.15) is 32.1 Å². The number of hydrogen-bond acceptors (Lipinski definition) is 5. The van der Waals surface area contributed by atoms with Crippen molar-refractivity contribution < 1.29 is 22.8 Å². The molecular weight excluding hydrogens is 471 g/mol. The van der Waals surface area contributed by atoms with E-state index in [4.69, 9.17) is 0 Å². The third kappa shape index (κ3) is 5.38. The second kappa shape index (κ2) is 9.95. The first-order valence-corrected chi connectivity index (χ1v) is 10.8. The third-order valence-corrected chi connectivity index (χ3v) is 5.40. The Balaban J connectivity index is 1.63. The van der Waals surface area contributed by atoms with Crippen LogP contribution in [0.5, 0.6) is 0 Å². The second-order valence-corrected chi connectivity index (χ2v) is 7.86. The van der Waals surface area contributed by atoms with Crippen LogP contribution in [0.2, 0.25) is 0 Å². The number of halogens is 3. The van der Waals surface area contributed by atoms with Crippen LogP contribution in [0.25, 0.3) is 22.4 Å². The molecule has 0 bridgehead atoms. The van der Waals surface area contributed by atoms with Gasteiger partial charge in [0.05, 0.1) is 5.69 Å². The van der Waals surface area contributed by atoms with Crippen LogP contribution >= 0.6 is 0 Å². The largest absolute Gasteiger partial charge is 0.433 e. The van der Waals surface area contributed by atoms with Gasteiger partial charge < -0.3 is 10.6 Å². The molecule has 2 heterocycles. The fourth-order valence-electron chi connectivity index (χ4n) is 3.55. The lowest BCUT2D eigenvalue weighted by Gasteiger charge is -2.12. The van der Waals surface area contributed by atoms with Crippen LogP contribution in [0.4, 0.5) is 18.9 Å². The number of hydrogen-bond donors (Lipinski definition) is 2. The van der Waals surface area contributed by atoms with E-state index in [0.717, 1.165) is 28.5 Å². The Morgan fingerprint density at radius 3 is 2.39 bits per heavy atom. The molecule has 0 saturated heterocycles. The molecule has 2 aromatic carbocycles. The number of nitrogens with zero attached hydrogens (tertiary/aromatic N) is 3. The van der Waals surface area contributed by atoms with Gasteiger partial charge >= 0.3 is 6.18 Å². The lowest BCUT2D eigenvalue weighted by molar-refractivity contribution is -0.141. The predicted molar refractivity (Wildman–Crippen MR) is 128 cm³/mol. The lowest BCUT2D eigenvalue weighted by Crippen LogP contribution is -2.19. The number of alkyl halides is 3. The number of anilines is 1. The number of carbonyl (C=O) groups excluding carboxylic acids is 2. The highest BCUT2D eigenvalue weighted by Gasteiger charge is 2.33. The van der Waals surface area contributed by atoms with Gasteiger partial charge in [0.2, 0.25) is 0 Å². The number of aryl methyl sites for hydroxylation is 1. The van der Waals surface area contributed by atoms with Gasteiger partial charge in [-0.25, -0.2) is 9.97 Å². The molecule has 2 aromatic heterocycles. The first-order valence-electron chi connectivity index (χ1n) is 10.8. The number of pyridine rings is 1. The SMILES string of the molecule is CNC(=O)c1cc(-c2cccc(-c3cc(NC(=O)c4ccnc(C(F)(F)F)c4)ccc3C)c2)ncn1. The standard InChI is InChI=1S/C26H20F3N5O2/c1-15-6-7-19(34-24(35)18-8-9-31-23(11-18)26(27,28)29)12-20(15)16-4-3-5-17(10-16)21-13-22(25(36)30-2)33-14-32-21/h3-14H,1-2H3,(H,30,36)(H,34,35). The molecule has 0 aliphatic rings. The van der Waals surface area contributed by atoms with Crippen LogP contribution in [0.3, 0.4) is 0 Å². The number of benzene rings is 2. The van der Waals surface area contributed by atoms with E-state index in [-0.39, 0.29) is 17.2 Å². The summed E-state index contributed by atoms with van der Waals surface area (Å²) in [6, 6.07) is 16.2. The molecule has 0 atom stereocenters. The maximum Gasteiger partial charge on any atom is 0.433 e. The summed E-state index contributed by atoms with van der Waals surface area (Å²) in [5.74, 6) is -1.01. The lowest BCUT2D eigenvalue weighted by atomic mass is 9.97. The number of nitrogens with one attached hydrogen (secondary N) is 2. The van der Waals surface area contributed by atoms with Gasteiger partial charge in [0.1, 0.15) is 17.7 Å². The van der Waals surface area contributed by atoms with Crippen LogP contribution < -0.4 is 10.6 Å². The van der Waals surface area contributed by atoms with Crippen LogP contribution in [0.15, 0.2) is 73.2 Å². The smallest absolute Gasteiger partial charge is 0.354 e. The summed E-state index contributed by atoms with van der Waals surface area (Å²) in [4.78, 5) is 36.1. The van der Waals surface area contributed by atoms with Crippen LogP contribution in [-0.2, 0) is 6.18 Å². The van der Waals surface area contributed by atoms with Crippen molar-refractivity contribution in [2.75, 3.05) is 12.4 Å². The molecule has 0 aliphatic heterocycles. The first kappa shape index (κ1) is 24.5. The van der Waals surface area contributed by atoms with E-state index < -0.39 is 17.8 Å². The molecule has 0 unspecified atom stereocenters. The van der Waals surface area contributed by atoms with Crippen molar-refractivity contribution in [3.63, 3.8) is 0 Å². The average Bonchev–Trinajstić information content (AvgIpc) is 2.89. The highest BCUT2D eigenvalue weighted by molar-refractivity contribution is 6.04. The highest BCUT2D eigenvalue weighted by Crippen LogP contribution is 2.31. The monoisotopic (exact) mass is 491 g/mol. The van der Waals surface area contributed by atoms with E-state index in [0.29, 0.717) is 17.4 Å². The number of aromatic nitrogens is 3. The first-order chi connectivity index (χ1) is 17.2. The quantitative estimate of drug-likeness (QED) is 0.403. The number of carbonyl (C=O) groups is 2. The molecule has 0 spiro atoms. The molecule has 2 amide bonds. The van der Waals surface area contributed by atoms with Crippen LogP contribution in [0, 0.1) is 6.92 Å². The van der Waals surface area contributed by atoms with E-state index in [9.17, 15) is 22.8 Å². The summed E-state index contributed by atoms with van der Waals surface area (Å²) in [5.41, 5.74) is 3.22. The van der Waals surface area contributed by atoms with Gasteiger partial charge in [-0.1, -0.05) is 24.3 Å². The van der Waals surface area contributed by atoms with Crippen molar-refractivity contribution in [1.29, 1.82) is 0 Å². The van der Waals surface area contributed by atoms with Crippen molar-refractivity contribution in [3.05, 3.63) is 95.7 Å². The Morgan fingerprint density at radius 1 is 0.861 bits per heavy atom. The maximum absolute atomic E-state index is 13.0. The second-order valence-electron chi connectivity index (χ2n) is 7.86. The molecule has 0 saturated carbocycles. The van der Waals surface area contributed by atoms with E-state index in [1.807, 2.05) is 31.2 Å². The topological polar surface area (TPSA) is 96.9 Å². The summed E-state index contributed by atoms with van der Waals surface area (Å²) in [5, 5.41) is 5.17. The summed E-state index contributed by atoms with van der Waals surface area (Å²) < 4.78 is 38.9. The van der Waals surface area contributed by atoms with Gasteiger partial charge in [0, 0.05) is 30.1 Å².